The third kappa shape index (κ3) is 2.79. The molecule has 1 aromatic rings. The van der Waals surface area contributed by atoms with E-state index in [9.17, 15) is 9.18 Å². The first-order valence-electron chi connectivity index (χ1n) is 3.46. The van der Waals surface area contributed by atoms with Gasteiger partial charge in [-0.25, -0.2) is 4.39 Å². The zero-order valence-electron chi connectivity index (χ0n) is 6.58. The summed E-state index contributed by atoms with van der Waals surface area (Å²) in [6.45, 7) is 0. The molecule has 5 heteroatoms. The van der Waals surface area contributed by atoms with E-state index in [4.69, 9.17) is 5.73 Å². The van der Waals surface area contributed by atoms with Gasteiger partial charge in [0.1, 0.15) is 5.82 Å². The average Bonchev–Trinajstić information content (AvgIpc) is 2.08. The lowest BCUT2D eigenvalue weighted by atomic mass is 10.3. The quantitative estimate of drug-likeness (QED) is 0.663. The molecule has 1 rings (SSSR count). The molecule has 0 saturated heterocycles. The maximum atomic E-state index is 12.4. The molecule has 3 nitrogen and oxygen atoms in total. The number of benzene rings is 1. The second-order valence-corrected chi connectivity index (χ2v) is 2.73. The van der Waals surface area contributed by atoms with Crippen molar-refractivity contribution in [2.24, 2.45) is 5.73 Å². The van der Waals surface area contributed by atoms with Crippen molar-refractivity contribution in [3.05, 3.63) is 30.1 Å². The summed E-state index contributed by atoms with van der Waals surface area (Å²) in [5.41, 5.74) is 5.43. The van der Waals surface area contributed by atoms with Gasteiger partial charge in [-0.3, -0.25) is 4.79 Å². The number of nitrogens with one attached hydrogen (secondary N) is 1. The van der Waals surface area contributed by atoms with Crippen LogP contribution in [0.4, 0.5) is 10.1 Å². The van der Waals surface area contributed by atoms with Crippen molar-refractivity contribution in [3.63, 3.8) is 0 Å². The Balaban J connectivity index is 2.70. The smallest absolute Gasteiger partial charge is 0.276 e. The van der Waals surface area contributed by atoms with Crippen LogP contribution >= 0.6 is 12.2 Å². The molecule has 0 spiro atoms. The molecule has 0 unspecified atom stereocenters. The highest BCUT2D eigenvalue weighted by molar-refractivity contribution is 7.82. The maximum absolute atomic E-state index is 12.4. The molecule has 3 N–H and O–H groups in total. The summed E-state index contributed by atoms with van der Waals surface area (Å²) in [6, 6.07) is 5.44. The van der Waals surface area contributed by atoms with E-state index in [1.54, 1.807) is 0 Å². The highest BCUT2D eigenvalue weighted by atomic mass is 32.1. The number of nitrogens with two attached hydrogens (primary N) is 1. The summed E-state index contributed by atoms with van der Waals surface area (Å²) < 4.78 is 12.4. The predicted molar refractivity (Wildman–Crippen MR) is 51.8 cm³/mol. The molecule has 13 heavy (non-hydrogen) atoms. The Morgan fingerprint density at radius 1 is 1.38 bits per heavy atom. The van der Waals surface area contributed by atoms with E-state index in [1.165, 1.54) is 24.3 Å². The Hall–Kier alpha value is -1.49. The minimum Gasteiger partial charge on any atom is -0.364 e. The van der Waals surface area contributed by atoms with Gasteiger partial charge in [0.2, 0.25) is 0 Å². The number of anilines is 1. The second-order valence-electron chi connectivity index (χ2n) is 2.33. The van der Waals surface area contributed by atoms with E-state index in [1.807, 2.05) is 0 Å². The summed E-state index contributed by atoms with van der Waals surface area (Å²) in [5.74, 6) is -1.06. The topological polar surface area (TPSA) is 55.1 Å². The molecular formula is C8H7FN2OS. The third-order valence-corrected chi connectivity index (χ3v) is 1.63. The van der Waals surface area contributed by atoms with Crippen molar-refractivity contribution in [1.29, 1.82) is 0 Å². The van der Waals surface area contributed by atoms with Gasteiger partial charge in [-0.1, -0.05) is 12.2 Å². The number of amides is 1. The molecule has 1 aromatic carbocycles. The van der Waals surface area contributed by atoms with Gasteiger partial charge >= 0.3 is 0 Å². The summed E-state index contributed by atoms with van der Waals surface area (Å²) in [5, 5.41) is 2.56. The first-order chi connectivity index (χ1) is 6.09. The lowest BCUT2D eigenvalue weighted by molar-refractivity contribution is -0.111. The third-order valence-electron chi connectivity index (χ3n) is 1.33. The van der Waals surface area contributed by atoms with Crippen LogP contribution in [0.15, 0.2) is 24.3 Å². The fourth-order valence-corrected chi connectivity index (χ4v) is 0.844. The monoisotopic (exact) mass is 198 g/mol. The zero-order valence-corrected chi connectivity index (χ0v) is 7.40. The van der Waals surface area contributed by atoms with E-state index < -0.39 is 5.91 Å². The van der Waals surface area contributed by atoms with E-state index in [2.05, 4.69) is 17.5 Å². The fourth-order valence-electron chi connectivity index (χ4n) is 0.726. The molecule has 0 aliphatic carbocycles. The van der Waals surface area contributed by atoms with Gasteiger partial charge in [0.25, 0.3) is 5.91 Å². The normalized spacial score (nSPS) is 9.31. The maximum Gasteiger partial charge on any atom is 0.276 e. The standard InChI is InChI=1S/C8H7FN2OS/c9-5-1-3-6(4-2-5)11-8(13)7(10)12/h1-4H,(H2,10,12)(H,11,13). The van der Waals surface area contributed by atoms with Gasteiger partial charge in [0.05, 0.1) is 0 Å². The van der Waals surface area contributed by atoms with Crippen molar-refractivity contribution >= 4 is 28.8 Å². The van der Waals surface area contributed by atoms with Crippen LogP contribution in [0, 0.1) is 5.82 Å². The van der Waals surface area contributed by atoms with Crippen LogP contribution in [0.2, 0.25) is 0 Å². The Morgan fingerprint density at radius 2 is 1.92 bits per heavy atom. The van der Waals surface area contributed by atoms with E-state index in [0.717, 1.165) is 0 Å². The molecule has 0 atom stereocenters. The zero-order chi connectivity index (χ0) is 9.84. The number of primary amides is 1. The number of halogens is 1. The van der Waals surface area contributed by atoms with Crippen molar-refractivity contribution in [3.8, 4) is 0 Å². The van der Waals surface area contributed by atoms with Gasteiger partial charge in [0.15, 0.2) is 4.99 Å². The highest BCUT2D eigenvalue weighted by Gasteiger charge is 2.03. The van der Waals surface area contributed by atoms with Crippen LogP contribution in [0.5, 0.6) is 0 Å². The molecule has 68 valence electrons. The van der Waals surface area contributed by atoms with Crippen molar-refractivity contribution in [1.82, 2.24) is 0 Å². The molecule has 0 bridgehead atoms. The number of carbonyl (C=O) groups excluding carboxylic acids is 1. The lowest BCUT2D eigenvalue weighted by Gasteiger charge is -2.03. The Labute approximate surface area is 79.7 Å². The number of hydrogen-bond donors (Lipinski definition) is 2. The summed E-state index contributed by atoms with van der Waals surface area (Å²) in [7, 11) is 0. The van der Waals surface area contributed by atoms with Crippen LogP contribution in [0.1, 0.15) is 0 Å². The Kier molecular flexibility index (Phi) is 2.92. The SMILES string of the molecule is NC(=O)C(=S)Nc1ccc(F)cc1. The lowest BCUT2D eigenvalue weighted by Crippen LogP contribution is -2.27. The molecule has 0 aliphatic rings. The van der Waals surface area contributed by atoms with Crippen LogP contribution in [0.25, 0.3) is 0 Å². The molecular weight excluding hydrogens is 191 g/mol. The molecule has 0 radical (unpaired) electrons. The van der Waals surface area contributed by atoms with Gasteiger partial charge in [-0.2, -0.15) is 0 Å². The van der Waals surface area contributed by atoms with Crippen molar-refractivity contribution < 1.29 is 9.18 Å². The molecule has 0 aliphatic heterocycles. The molecule has 0 fully saturated rings. The summed E-state index contributed by atoms with van der Waals surface area (Å²) in [6.07, 6.45) is 0. The Bertz CT molecular complexity index is 337. The van der Waals surface area contributed by atoms with E-state index >= 15 is 0 Å². The average molecular weight is 198 g/mol. The highest BCUT2D eigenvalue weighted by Crippen LogP contribution is 2.07. The summed E-state index contributed by atoms with van der Waals surface area (Å²) in [4.78, 5) is 10.4. The predicted octanol–water partition coefficient (Wildman–Crippen LogP) is 1.05. The number of rotatable bonds is 1. The van der Waals surface area contributed by atoms with Crippen LogP contribution in [-0.2, 0) is 4.79 Å². The molecule has 0 aromatic heterocycles. The minimum atomic E-state index is -0.709. The number of carbonyl (C=O) groups is 1. The Morgan fingerprint density at radius 3 is 2.38 bits per heavy atom. The first kappa shape index (κ1) is 9.60. The number of thiocarbonyl (C=S) groups is 1. The van der Waals surface area contributed by atoms with Crippen LogP contribution < -0.4 is 11.1 Å². The molecule has 0 heterocycles. The second kappa shape index (κ2) is 3.95. The fraction of sp³-hybridized carbons (Fsp3) is 0. The van der Waals surface area contributed by atoms with Gasteiger partial charge < -0.3 is 11.1 Å². The van der Waals surface area contributed by atoms with Crippen molar-refractivity contribution in [2.75, 3.05) is 5.32 Å². The van der Waals surface area contributed by atoms with E-state index in [0.29, 0.717) is 5.69 Å². The van der Waals surface area contributed by atoms with Gasteiger partial charge in [-0.05, 0) is 24.3 Å². The van der Waals surface area contributed by atoms with Crippen molar-refractivity contribution in [2.45, 2.75) is 0 Å². The molecule has 0 saturated carbocycles. The minimum absolute atomic E-state index is 0.0911. The van der Waals surface area contributed by atoms with E-state index in [-0.39, 0.29) is 10.8 Å². The van der Waals surface area contributed by atoms with Gasteiger partial charge in [0, 0.05) is 5.69 Å². The first-order valence-corrected chi connectivity index (χ1v) is 3.87. The van der Waals surface area contributed by atoms with Crippen LogP contribution in [-0.4, -0.2) is 10.9 Å². The van der Waals surface area contributed by atoms with Gasteiger partial charge in [-0.15, -0.1) is 0 Å². The largest absolute Gasteiger partial charge is 0.364 e. The van der Waals surface area contributed by atoms with Crippen LogP contribution in [0.3, 0.4) is 0 Å². The molecule has 1 amide bonds. The number of hydrogen-bond acceptors (Lipinski definition) is 2. The summed E-state index contributed by atoms with van der Waals surface area (Å²) >= 11 is 4.61.